The van der Waals surface area contributed by atoms with E-state index in [-0.39, 0.29) is 11.3 Å². The number of hydrogen-bond acceptors (Lipinski definition) is 5. The molecule has 162 valence electrons. The minimum atomic E-state index is -1.39. The molecule has 1 fully saturated rings. The van der Waals surface area contributed by atoms with E-state index in [4.69, 9.17) is 4.74 Å². The zero-order valence-corrected chi connectivity index (χ0v) is 17.8. The first-order valence-corrected chi connectivity index (χ1v) is 10.5. The average Bonchev–Trinajstić information content (AvgIpc) is 2.77. The number of hydrogen-bond donors (Lipinski definition) is 1. The molecule has 0 spiro atoms. The number of fused-ring (bicyclic) bond motifs is 1. The van der Waals surface area contributed by atoms with Gasteiger partial charge >= 0.3 is 6.16 Å². The van der Waals surface area contributed by atoms with Gasteiger partial charge < -0.3 is 9.84 Å². The molecule has 1 aromatic heterocycles. The van der Waals surface area contributed by atoms with Gasteiger partial charge in [0.15, 0.2) is 5.75 Å². The molecule has 1 aliphatic rings. The Balaban J connectivity index is 1.87. The summed E-state index contributed by atoms with van der Waals surface area (Å²) in [5.41, 5.74) is 1.05. The fourth-order valence-electron chi connectivity index (χ4n) is 4.21. The van der Waals surface area contributed by atoms with E-state index >= 15 is 0 Å². The quantitative estimate of drug-likeness (QED) is 0.635. The molecular formula is C24H27N3O4. The first-order chi connectivity index (χ1) is 15.0. The van der Waals surface area contributed by atoms with Crippen molar-refractivity contribution in [2.45, 2.75) is 26.4 Å². The monoisotopic (exact) mass is 421 g/mol. The van der Waals surface area contributed by atoms with Gasteiger partial charge in [-0.1, -0.05) is 36.4 Å². The van der Waals surface area contributed by atoms with Gasteiger partial charge in [-0.15, -0.1) is 0 Å². The van der Waals surface area contributed by atoms with Crippen LogP contribution in [0.2, 0.25) is 0 Å². The van der Waals surface area contributed by atoms with E-state index in [0.717, 1.165) is 26.2 Å². The first kappa shape index (κ1) is 21.1. The van der Waals surface area contributed by atoms with Crippen molar-refractivity contribution in [3.05, 3.63) is 70.6 Å². The molecule has 31 heavy (non-hydrogen) atoms. The molecule has 0 amide bonds. The largest absolute Gasteiger partial charge is 0.511 e. The van der Waals surface area contributed by atoms with Crippen molar-refractivity contribution in [1.29, 1.82) is 0 Å². The summed E-state index contributed by atoms with van der Waals surface area (Å²) in [5.74, 6) is 0.220. The third-order valence-corrected chi connectivity index (χ3v) is 5.85. The van der Waals surface area contributed by atoms with Crippen LogP contribution in [0.4, 0.5) is 4.79 Å². The van der Waals surface area contributed by atoms with E-state index < -0.39 is 6.16 Å². The minimum Gasteiger partial charge on any atom is -0.449 e. The Morgan fingerprint density at radius 1 is 0.968 bits per heavy atom. The Kier molecular flexibility index (Phi) is 6.06. The second-order valence-corrected chi connectivity index (χ2v) is 8.07. The van der Waals surface area contributed by atoms with Crippen LogP contribution in [0, 0.1) is 0 Å². The van der Waals surface area contributed by atoms with E-state index in [1.165, 1.54) is 0 Å². The highest BCUT2D eigenvalue weighted by Gasteiger charge is 2.25. The van der Waals surface area contributed by atoms with Crippen LogP contribution in [-0.2, 0) is 6.54 Å². The molecule has 1 aliphatic heterocycles. The number of rotatable bonds is 5. The number of ether oxygens (including phenoxy) is 1. The van der Waals surface area contributed by atoms with Crippen LogP contribution in [0.3, 0.4) is 0 Å². The molecule has 0 radical (unpaired) electrons. The predicted octanol–water partition coefficient (Wildman–Crippen LogP) is 3.57. The maximum Gasteiger partial charge on any atom is 0.511 e. The molecule has 1 saturated heterocycles. The van der Waals surface area contributed by atoms with Crippen LogP contribution in [-0.4, -0.2) is 57.8 Å². The lowest BCUT2D eigenvalue weighted by Crippen LogP contribution is -2.48. The van der Waals surface area contributed by atoms with Gasteiger partial charge in [-0.05, 0) is 32.0 Å². The summed E-state index contributed by atoms with van der Waals surface area (Å²) in [6, 6.07) is 16.8. The molecule has 4 rings (SSSR count). The zero-order valence-electron chi connectivity index (χ0n) is 17.8. The Labute approximate surface area is 181 Å². The summed E-state index contributed by atoms with van der Waals surface area (Å²) in [6.45, 7) is 8.31. The molecule has 1 N–H and O–H groups in total. The molecule has 7 heteroatoms. The Morgan fingerprint density at radius 3 is 2.19 bits per heavy atom. The third kappa shape index (κ3) is 4.33. The summed E-state index contributed by atoms with van der Waals surface area (Å²) >= 11 is 0. The van der Waals surface area contributed by atoms with Crippen molar-refractivity contribution in [3.8, 4) is 11.4 Å². The van der Waals surface area contributed by atoms with E-state index in [0.29, 0.717) is 34.7 Å². The van der Waals surface area contributed by atoms with Gasteiger partial charge in [0.1, 0.15) is 0 Å². The molecule has 7 nitrogen and oxygen atoms in total. The SMILES string of the molecule is CC(C)N1CCN(Cc2c(OC(=O)O)c3ccccc3c(=O)n2-c2ccccc2)CC1. The number of benzene rings is 2. The number of piperazine rings is 1. The smallest absolute Gasteiger partial charge is 0.449 e. The number of aromatic nitrogens is 1. The van der Waals surface area contributed by atoms with E-state index in [2.05, 4.69) is 23.6 Å². The van der Waals surface area contributed by atoms with Crippen LogP contribution in [0.1, 0.15) is 19.5 Å². The van der Waals surface area contributed by atoms with Crippen LogP contribution in [0.25, 0.3) is 16.5 Å². The van der Waals surface area contributed by atoms with E-state index in [1.54, 1.807) is 28.8 Å². The maximum absolute atomic E-state index is 13.5. The molecule has 2 aromatic carbocycles. The molecule has 0 aliphatic carbocycles. The van der Waals surface area contributed by atoms with Crippen LogP contribution >= 0.6 is 0 Å². The van der Waals surface area contributed by atoms with Gasteiger partial charge in [-0.25, -0.2) is 4.79 Å². The number of carbonyl (C=O) groups is 1. The van der Waals surface area contributed by atoms with Gasteiger partial charge in [0.2, 0.25) is 0 Å². The van der Waals surface area contributed by atoms with Gasteiger partial charge in [-0.3, -0.25) is 19.2 Å². The number of nitrogens with zero attached hydrogens (tertiary/aromatic N) is 3. The van der Waals surface area contributed by atoms with Crippen LogP contribution in [0.5, 0.6) is 5.75 Å². The van der Waals surface area contributed by atoms with Crippen molar-refractivity contribution < 1.29 is 14.6 Å². The molecule has 0 atom stereocenters. The summed E-state index contributed by atoms with van der Waals surface area (Å²) in [7, 11) is 0. The average molecular weight is 421 g/mol. The minimum absolute atomic E-state index is 0.185. The highest BCUT2D eigenvalue weighted by Crippen LogP contribution is 2.31. The lowest BCUT2D eigenvalue weighted by Gasteiger charge is -2.37. The Morgan fingerprint density at radius 2 is 1.58 bits per heavy atom. The van der Waals surface area contributed by atoms with E-state index in [9.17, 15) is 14.7 Å². The summed E-state index contributed by atoms with van der Waals surface area (Å²) in [6.07, 6.45) is -1.39. The second kappa shape index (κ2) is 8.91. The van der Waals surface area contributed by atoms with Crippen LogP contribution in [0.15, 0.2) is 59.4 Å². The van der Waals surface area contributed by atoms with Gasteiger partial charge in [0.25, 0.3) is 5.56 Å². The lowest BCUT2D eigenvalue weighted by molar-refractivity contribution is 0.101. The highest BCUT2D eigenvalue weighted by molar-refractivity contribution is 5.90. The lowest BCUT2D eigenvalue weighted by atomic mass is 10.1. The third-order valence-electron chi connectivity index (χ3n) is 5.85. The molecule has 3 aromatic rings. The highest BCUT2D eigenvalue weighted by atomic mass is 16.7. The zero-order chi connectivity index (χ0) is 22.0. The molecule has 0 unspecified atom stereocenters. The Hall–Kier alpha value is -3.16. The fraction of sp³-hybridized carbons (Fsp3) is 0.333. The Bertz CT molecular complexity index is 1130. The molecular weight excluding hydrogens is 394 g/mol. The number of para-hydroxylation sites is 1. The van der Waals surface area contributed by atoms with Crippen molar-refractivity contribution >= 4 is 16.9 Å². The van der Waals surface area contributed by atoms with Crippen molar-refractivity contribution in [3.63, 3.8) is 0 Å². The molecule has 0 saturated carbocycles. The van der Waals surface area contributed by atoms with Crippen molar-refractivity contribution in [2.24, 2.45) is 0 Å². The first-order valence-electron chi connectivity index (χ1n) is 10.5. The van der Waals surface area contributed by atoms with Crippen molar-refractivity contribution in [2.75, 3.05) is 26.2 Å². The topological polar surface area (TPSA) is 75.0 Å². The normalized spacial score (nSPS) is 15.5. The number of pyridine rings is 1. The second-order valence-electron chi connectivity index (χ2n) is 8.07. The van der Waals surface area contributed by atoms with Crippen LogP contribution < -0.4 is 10.3 Å². The van der Waals surface area contributed by atoms with E-state index in [1.807, 2.05) is 30.3 Å². The molecule has 0 bridgehead atoms. The van der Waals surface area contributed by atoms with Gasteiger partial charge in [0.05, 0.1) is 11.1 Å². The fourth-order valence-corrected chi connectivity index (χ4v) is 4.21. The van der Waals surface area contributed by atoms with Gasteiger partial charge in [-0.2, -0.15) is 0 Å². The van der Waals surface area contributed by atoms with Crippen molar-refractivity contribution in [1.82, 2.24) is 14.4 Å². The summed E-state index contributed by atoms with van der Waals surface area (Å²) < 4.78 is 6.89. The standard InChI is InChI=1S/C24H27N3O4/c1-17(2)26-14-12-25(13-15-26)16-21-22(31-24(29)30)19-10-6-7-11-20(19)23(28)27(21)18-8-4-3-5-9-18/h3-11,17H,12-16H2,1-2H3,(H,29,30). The van der Waals surface area contributed by atoms with Gasteiger partial charge in [0, 0.05) is 49.8 Å². The predicted molar refractivity (Wildman–Crippen MR) is 120 cm³/mol. The molecule has 2 heterocycles. The maximum atomic E-state index is 13.5. The summed E-state index contributed by atoms with van der Waals surface area (Å²) in [5, 5.41) is 10.4. The summed E-state index contributed by atoms with van der Waals surface area (Å²) in [4.78, 5) is 29.7. The number of carboxylic acid groups (broad SMARTS) is 1.